The first-order valence-electron chi connectivity index (χ1n) is 9.02. The topological polar surface area (TPSA) is 75.6 Å². The summed E-state index contributed by atoms with van der Waals surface area (Å²) in [5, 5.41) is 11.3. The number of carboxylic acids is 1. The van der Waals surface area contributed by atoms with Crippen molar-refractivity contribution in [2.45, 2.75) is 52.5 Å². The van der Waals surface area contributed by atoms with E-state index in [-0.39, 0.29) is 24.2 Å². The van der Waals surface area contributed by atoms with Crippen molar-refractivity contribution in [1.29, 1.82) is 0 Å². The van der Waals surface area contributed by atoms with Gasteiger partial charge in [-0.05, 0) is 35.6 Å². The van der Waals surface area contributed by atoms with Crippen molar-refractivity contribution in [3.63, 3.8) is 0 Å². The molecule has 2 rings (SSSR count). The fraction of sp³-hybridized carbons (Fsp3) is 0.364. The average Bonchev–Trinajstić information content (AvgIpc) is 2.60. The highest BCUT2D eigenvalue weighted by molar-refractivity contribution is 5.80. The van der Waals surface area contributed by atoms with E-state index in [2.05, 4.69) is 32.2 Å². The van der Waals surface area contributed by atoms with E-state index in [4.69, 9.17) is 9.84 Å². The molecule has 0 fully saturated rings. The molecule has 0 aliphatic rings. The summed E-state index contributed by atoms with van der Waals surface area (Å²) >= 11 is 0. The van der Waals surface area contributed by atoms with Gasteiger partial charge in [-0.3, -0.25) is 9.59 Å². The van der Waals surface area contributed by atoms with Crippen LogP contribution < -0.4 is 10.1 Å². The molecule has 0 spiro atoms. The Kier molecular flexibility index (Phi) is 6.61. The fourth-order valence-corrected chi connectivity index (χ4v) is 2.68. The summed E-state index contributed by atoms with van der Waals surface area (Å²) in [6, 6.07) is 13.7. The molecule has 0 saturated heterocycles. The number of aryl methyl sites for hydroxylation is 1. The Hall–Kier alpha value is -2.82. The Morgan fingerprint density at radius 2 is 1.70 bits per heavy atom. The second-order valence-electron chi connectivity index (χ2n) is 7.62. The molecule has 5 nitrogen and oxygen atoms in total. The number of hydrogen-bond acceptors (Lipinski definition) is 3. The number of hydrogen-bond donors (Lipinski definition) is 2. The molecule has 27 heavy (non-hydrogen) atoms. The van der Waals surface area contributed by atoms with E-state index >= 15 is 0 Å². The third-order valence-electron chi connectivity index (χ3n) is 4.22. The Balaban J connectivity index is 2.03. The molecule has 0 aliphatic heterocycles. The van der Waals surface area contributed by atoms with E-state index in [1.165, 1.54) is 0 Å². The maximum atomic E-state index is 11.6. The highest BCUT2D eigenvalue weighted by Gasteiger charge is 2.20. The molecule has 2 aromatic carbocycles. The number of nitrogens with one attached hydrogen (secondary N) is 1. The fourth-order valence-electron chi connectivity index (χ4n) is 2.68. The maximum Gasteiger partial charge on any atom is 0.303 e. The molecule has 144 valence electrons. The van der Waals surface area contributed by atoms with Gasteiger partial charge in [0.05, 0.1) is 6.42 Å². The molecule has 0 unspecified atom stereocenters. The second kappa shape index (κ2) is 8.71. The van der Waals surface area contributed by atoms with Crippen LogP contribution in [0.25, 0.3) is 0 Å². The normalized spacial score (nSPS) is 11.1. The standard InChI is InChI=1S/C22H27NO4/c1-15-6-5-7-18(22(2,3)4)21(15)27-17-10-8-16(9-11-17)14-23-19(24)12-13-20(25)26/h5-11H,12-14H2,1-4H3,(H,23,24)(H,25,26). The van der Waals surface area contributed by atoms with Gasteiger partial charge in [-0.15, -0.1) is 0 Å². The van der Waals surface area contributed by atoms with Crippen LogP contribution in [0.4, 0.5) is 0 Å². The van der Waals surface area contributed by atoms with Crippen LogP contribution in [0.1, 0.15) is 50.3 Å². The SMILES string of the molecule is Cc1cccc(C(C)(C)C)c1Oc1ccc(CNC(=O)CCC(=O)O)cc1. The summed E-state index contributed by atoms with van der Waals surface area (Å²) in [4.78, 5) is 22.1. The molecule has 0 atom stereocenters. The highest BCUT2D eigenvalue weighted by atomic mass is 16.5. The summed E-state index contributed by atoms with van der Waals surface area (Å²) in [5.41, 5.74) is 3.13. The average molecular weight is 369 g/mol. The number of carbonyl (C=O) groups excluding carboxylic acids is 1. The van der Waals surface area contributed by atoms with Gasteiger partial charge in [-0.25, -0.2) is 0 Å². The van der Waals surface area contributed by atoms with Crippen molar-refractivity contribution >= 4 is 11.9 Å². The number of aliphatic carboxylic acids is 1. The van der Waals surface area contributed by atoms with E-state index in [0.29, 0.717) is 6.54 Å². The van der Waals surface area contributed by atoms with Crippen LogP contribution in [-0.2, 0) is 21.5 Å². The monoisotopic (exact) mass is 369 g/mol. The number of para-hydroxylation sites is 1. The number of carbonyl (C=O) groups is 2. The smallest absolute Gasteiger partial charge is 0.303 e. The minimum atomic E-state index is -0.975. The van der Waals surface area contributed by atoms with E-state index in [9.17, 15) is 9.59 Å². The third kappa shape index (κ3) is 6.13. The Labute approximate surface area is 160 Å². The summed E-state index contributed by atoms with van der Waals surface area (Å²) in [6.07, 6.45) is -0.176. The summed E-state index contributed by atoms with van der Waals surface area (Å²) < 4.78 is 6.16. The quantitative estimate of drug-likeness (QED) is 0.750. The van der Waals surface area contributed by atoms with Crippen LogP contribution in [0.15, 0.2) is 42.5 Å². The third-order valence-corrected chi connectivity index (χ3v) is 4.22. The van der Waals surface area contributed by atoms with Crippen LogP contribution in [0, 0.1) is 6.92 Å². The highest BCUT2D eigenvalue weighted by Crippen LogP contribution is 2.36. The molecule has 5 heteroatoms. The lowest BCUT2D eigenvalue weighted by Gasteiger charge is -2.24. The lowest BCUT2D eigenvalue weighted by Crippen LogP contribution is -2.23. The molecular weight excluding hydrogens is 342 g/mol. The first-order valence-corrected chi connectivity index (χ1v) is 9.02. The number of ether oxygens (including phenoxy) is 1. The lowest BCUT2D eigenvalue weighted by atomic mass is 9.85. The van der Waals surface area contributed by atoms with Crippen molar-refractivity contribution in [2.75, 3.05) is 0 Å². The molecule has 1 amide bonds. The molecular formula is C22H27NO4. The predicted molar refractivity (Wildman–Crippen MR) is 105 cm³/mol. The van der Waals surface area contributed by atoms with Gasteiger partial charge in [-0.2, -0.15) is 0 Å². The van der Waals surface area contributed by atoms with Gasteiger partial charge in [0.2, 0.25) is 5.91 Å². The first-order chi connectivity index (χ1) is 12.7. The molecule has 0 aliphatic carbocycles. The molecule has 2 N–H and O–H groups in total. The van der Waals surface area contributed by atoms with E-state index < -0.39 is 5.97 Å². The number of amides is 1. The van der Waals surface area contributed by atoms with Crippen molar-refractivity contribution < 1.29 is 19.4 Å². The Morgan fingerprint density at radius 3 is 2.30 bits per heavy atom. The summed E-state index contributed by atoms with van der Waals surface area (Å²) in [5.74, 6) is 0.361. The molecule has 0 radical (unpaired) electrons. The van der Waals surface area contributed by atoms with Gasteiger partial charge in [0.25, 0.3) is 0 Å². The molecule has 2 aromatic rings. The van der Waals surface area contributed by atoms with Gasteiger partial charge in [0, 0.05) is 18.5 Å². The van der Waals surface area contributed by atoms with E-state index in [1.54, 1.807) is 0 Å². The Bertz CT molecular complexity index is 804. The molecule has 0 heterocycles. The van der Waals surface area contributed by atoms with Crippen molar-refractivity contribution in [1.82, 2.24) is 5.32 Å². The zero-order chi connectivity index (χ0) is 20.0. The zero-order valence-electron chi connectivity index (χ0n) is 16.3. The maximum absolute atomic E-state index is 11.6. The second-order valence-corrected chi connectivity index (χ2v) is 7.62. The molecule has 0 aromatic heterocycles. The van der Waals surface area contributed by atoms with Crippen LogP contribution >= 0.6 is 0 Å². The predicted octanol–water partition coefficient (Wildman–Crippen LogP) is 4.57. The zero-order valence-corrected chi connectivity index (χ0v) is 16.3. The van der Waals surface area contributed by atoms with Crippen molar-refractivity contribution in [2.24, 2.45) is 0 Å². The number of carboxylic acid groups (broad SMARTS) is 1. The van der Waals surface area contributed by atoms with E-state index in [1.807, 2.05) is 43.3 Å². The van der Waals surface area contributed by atoms with Gasteiger partial charge < -0.3 is 15.2 Å². The Morgan fingerprint density at radius 1 is 1.04 bits per heavy atom. The van der Waals surface area contributed by atoms with Crippen LogP contribution in [-0.4, -0.2) is 17.0 Å². The molecule has 0 bridgehead atoms. The van der Waals surface area contributed by atoms with Gasteiger partial charge in [0.1, 0.15) is 11.5 Å². The minimum absolute atomic E-state index is 0.0145. The number of rotatable bonds is 7. The molecule has 0 saturated carbocycles. The lowest BCUT2D eigenvalue weighted by molar-refractivity contribution is -0.138. The van der Waals surface area contributed by atoms with Gasteiger partial charge >= 0.3 is 5.97 Å². The largest absolute Gasteiger partial charge is 0.481 e. The van der Waals surface area contributed by atoms with Gasteiger partial charge in [-0.1, -0.05) is 51.1 Å². The summed E-state index contributed by atoms with van der Waals surface area (Å²) in [7, 11) is 0. The summed E-state index contributed by atoms with van der Waals surface area (Å²) in [6.45, 7) is 8.86. The van der Waals surface area contributed by atoms with E-state index in [0.717, 1.165) is 28.2 Å². The van der Waals surface area contributed by atoms with Crippen LogP contribution in [0.5, 0.6) is 11.5 Å². The van der Waals surface area contributed by atoms with Gasteiger partial charge in [0.15, 0.2) is 0 Å². The minimum Gasteiger partial charge on any atom is -0.481 e. The first kappa shape index (κ1) is 20.5. The van der Waals surface area contributed by atoms with Crippen molar-refractivity contribution in [3.8, 4) is 11.5 Å². The van der Waals surface area contributed by atoms with Crippen LogP contribution in [0.2, 0.25) is 0 Å². The van der Waals surface area contributed by atoms with Crippen LogP contribution in [0.3, 0.4) is 0 Å². The number of benzene rings is 2. The van der Waals surface area contributed by atoms with Crippen molar-refractivity contribution in [3.05, 3.63) is 59.2 Å².